The summed E-state index contributed by atoms with van der Waals surface area (Å²) in [6.45, 7) is 14.3. The van der Waals surface area contributed by atoms with Gasteiger partial charge in [-0.15, -0.1) is 0 Å². The molecule has 1 saturated heterocycles. The Morgan fingerprint density at radius 2 is 2.06 bits per heavy atom. The van der Waals surface area contributed by atoms with Gasteiger partial charge < -0.3 is 5.32 Å². The summed E-state index contributed by atoms with van der Waals surface area (Å²) in [6, 6.07) is 1.58. The lowest BCUT2D eigenvalue weighted by Crippen LogP contribution is -2.65. The van der Waals surface area contributed by atoms with Crippen molar-refractivity contribution in [3.8, 4) is 0 Å². The van der Waals surface area contributed by atoms with Crippen molar-refractivity contribution in [3.05, 3.63) is 0 Å². The van der Waals surface area contributed by atoms with Crippen molar-refractivity contribution in [2.75, 3.05) is 13.1 Å². The molecule has 1 aliphatic carbocycles. The molecule has 0 aromatic carbocycles. The summed E-state index contributed by atoms with van der Waals surface area (Å²) in [7, 11) is 0. The van der Waals surface area contributed by atoms with Crippen molar-refractivity contribution < 1.29 is 0 Å². The van der Waals surface area contributed by atoms with Gasteiger partial charge in [0.2, 0.25) is 0 Å². The molecule has 0 spiro atoms. The monoisotopic (exact) mass is 252 g/mol. The third kappa shape index (κ3) is 2.91. The van der Waals surface area contributed by atoms with Gasteiger partial charge in [0.1, 0.15) is 0 Å². The number of rotatable bonds is 3. The van der Waals surface area contributed by atoms with Gasteiger partial charge >= 0.3 is 0 Å². The second kappa shape index (κ2) is 5.50. The molecule has 0 radical (unpaired) electrons. The second-order valence-corrected chi connectivity index (χ2v) is 7.35. The van der Waals surface area contributed by atoms with Crippen molar-refractivity contribution in [2.45, 2.75) is 77.9 Å². The SMILES string of the molecule is CCC1(C)CN(C2CCC(C)C2)C(C(C)C)CN1. The summed E-state index contributed by atoms with van der Waals surface area (Å²) in [5.74, 6) is 1.69. The van der Waals surface area contributed by atoms with E-state index < -0.39 is 0 Å². The second-order valence-electron chi connectivity index (χ2n) is 7.35. The molecule has 0 aromatic rings. The Labute approximate surface area is 114 Å². The van der Waals surface area contributed by atoms with E-state index in [0.29, 0.717) is 5.54 Å². The van der Waals surface area contributed by atoms with Crippen LogP contribution in [0.4, 0.5) is 0 Å². The molecule has 1 aliphatic heterocycles. The van der Waals surface area contributed by atoms with E-state index in [1.807, 2.05) is 0 Å². The van der Waals surface area contributed by atoms with Crippen molar-refractivity contribution in [1.82, 2.24) is 10.2 Å². The molecule has 2 fully saturated rings. The van der Waals surface area contributed by atoms with E-state index in [1.165, 1.54) is 38.8 Å². The molecule has 2 rings (SSSR count). The Hall–Kier alpha value is -0.0800. The van der Waals surface area contributed by atoms with E-state index in [4.69, 9.17) is 0 Å². The fraction of sp³-hybridized carbons (Fsp3) is 1.00. The van der Waals surface area contributed by atoms with Crippen LogP contribution in [0.2, 0.25) is 0 Å². The number of hydrogen-bond donors (Lipinski definition) is 1. The highest BCUT2D eigenvalue weighted by atomic mass is 15.3. The molecule has 1 N–H and O–H groups in total. The van der Waals surface area contributed by atoms with Gasteiger partial charge in [0.15, 0.2) is 0 Å². The first-order chi connectivity index (χ1) is 8.45. The minimum atomic E-state index is 0.331. The third-order valence-electron chi connectivity index (χ3n) is 5.38. The quantitative estimate of drug-likeness (QED) is 0.829. The predicted octanol–water partition coefficient (Wildman–Crippen LogP) is 3.27. The van der Waals surface area contributed by atoms with Crippen LogP contribution in [0.3, 0.4) is 0 Å². The average molecular weight is 252 g/mol. The fourth-order valence-electron chi connectivity index (χ4n) is 3.78. The summed E-state index contributed by atoms with van der Waals surface area (Å²) in [6.07, 6.45) is 5.51. The first-order valence-electron chi connectivity index (χ1n) is 7.96. The number of piperazine rings is 1. The lowest BCUT2D eigenvalue weighted by Gasteiger charge is -2.50. The Bertz CT molecular complexity index is 276. The van der Waals surface area contributed by atoms with Gasteiger partial charge in [-0.3, -0.25) is 4.90 Å². The molecule has 18 heavy (non-hydrogen) atoms. The molecule has 1 heterocycles. The van der Waals surface area contributed by atoms with Crippen LogP contribution in [-0.2, 0) is 0 Å². The Balaban J connectivity index is 2.10. The Morgan fingerprint density at radius 1 is 1.33 bits per heavy atom. The lowest BCUT2D eigenvalue weighted by atomic mass is 9.88. The van der Waals surface area contributed by atoms with E-state index in [-0.39, 0.29) is 0 Å². The summed E-state index contributed by atoms with van der Waals surface area (Å²) in [4.78, 5) is 2.86. The standard InChI is InChI=1S/C16H32N2/c1-6-16(5)11-18(14-8-7-13(4)9-14)15(10-17-16)12(2)3/h12-15,17H,6-11H2,1-5H3. The van der Waals surface area contributed by atoms with Crippen molar-refractivity contribution >= 4 is 0 Å². The molecule has 106 valence electrons. The van der Waals surface area contributed by atoms with Crippen LogP contribution in [-0.4, -0.2) is 35.6 Å². The van der Waals surface area contributed by atoms with Gasteiger partial charge in [-0.2, -0.15) is 0 Å². The average Bonchev–Trinajstić information content (AvgIpc) is 2.75. The van der Waals surface area contributed by atoms with Crippen LogP contribution in [0.1, 0.15) is 60.3 Å². The largest absolute Gasteiger partial charge is 0.309 e. The van der Waals surface area contributed by atoms with Crippen LogP contribution in [0.15, 0.2) is 0 Å². The molecule has 2 nitrogen and oxygen atoms in total. The van der Waals surface area contributed by atoms with E-state index in [0.717, 1.165) is 23.9 Å². The summed E-state index contributed by atoms with van der Waals surface area (Å²) < 4.78 is 0. The van der Waals surface area contributed by atoms with Crippen molar-refractivity contribution in [1.29, 1.82) is 0 Å². The number of hydrogen-bond acceptors (Lipinski definition) is 2. The first-order valence-corrected chi connectivity index (χ1v) is 7.96. The minimum absolute atomic E-state index is 0.331. The van der Waals surface area contributed by atoms with Crippen LogP contribution in [0.25, 0.3) is 0 Å². The number of nitrogens with zero attached hydrogens (tertiary/aromatic N) is 1. The Morgan fingerprint density at radius 3 is 2.56 bits per heavy atom. The molecule has 0 bridgehead atoms. The van der Waals surface area contributed by atoms with E-state index in [2.05, 4.69) is 44.8 Å². The highest BCUT2D eigenvalue weighted by Gasteiger charge is 2.40. The van der Waals surface area contributed by atoms with Crippen LogP contribution >= 0.6 is 0 Å². The van der Waals surface area contributed by atoms with E-state index in [9.17, 15) is 0 Å². The maximum absolute atomic E-state index is 3.80. The minimum Gasteiger partial charge on any atom is -0.309 e. The third-order valence-corrected chi connectivity index (χ3v) is 5.38. The molecular formula is C16H32N2. The highest BCUT2D eigenvalue weighted by molar-refractivity contribution is 4.99. The fourth-order valence-corrected chi connectivity index (χ4v) is 3.78. The summed E-state index contributed by atoms with van der Waals surface area (Å²) in [5.41, 5.74) is 0.331. The highest BCUT2D eigenvalue weighted by Crippen LogP contribution is 2.34. The van der Waals surface area contributed by atoms with Crippen molar-refractivity contribution in [3.63, 3.8) is 0 Å². The topological polar surface area (TPSA) is 15.3 Å². The van der Waals surface area contributed by atoms with E-state index in [1.54, 1.807) is 0 Å². The van der Waals surface area contributed by atoms with Gasteiger partial charge in [0.25, 0.3) is 0 Å². The normalized spacial score (nSPS) is 42.7. The molecule has 4 atom stereocenters. The zero-order chi connectivity index (χ0) is 13.3. The van der Waals surface area contributed by atoms with Gasteiger partial charge in [-0.1, -0.05) is 27.7 Å². The van der Waals surface area contributed by atoms with E-state index >= 15 is 0 Å². The van der Waals surface area contributed by atoms with Gasteiger partial charge in [0.05, 0.1) is 0 Å². The predicted molar refractivity (Wildman–Crippen MR) is 78.8 cm³/mol. The van der Waals surface area contributed by atoms with Gasteiger partial charge in [-0.25, -0.2) is 0 Å². The maximum Gasteiger partial charge on any atom is 0.0278 e. The molecule has 4 unspecified atom stereocenters. The zero-order valence-corrected chi connectivity index (χ0v) is 13.0. The molecule has 2 heteroatoms. The zero-order valence-electron chi connectivity index (χ0n) is 13.0. The van der Waals surface area contributed by atoms with Gasteiger partial charge in [0, 0.05) is 30.7 Å². The maximum atomic E-state index is 3.80. The lowest BCUT2D eigenvalue weighted by molar-refractivity contribution is 0.0254. The smallest absolute Gasteiger partial charge is 0.0278 e. The molecule has 0 aromatic heterocycles. The van der Waals surface area contributed by atoms with Crippen molar-refractivity contribution in [2.24, 2.45) is 11.8 Å². The Kier molecular flexibility index (Phi) is 4.38. The molecular weight excluding hydrogens is 220 g/mol. The number of nitrogens with one attached hydrogen (secondary N) is 1. The molecule has 2 aliphatic rings. The first kappa shape index (κ1) is 14.3. The van der Waals surface area contributed by atoms with Gasteiger partial charge in [-0.05, 0) is 44.4 Å². The summed E-state index contributed by atoms with van der Waals surface area (Å²) in [5, 5.41) is 3.80. The van der Waals surface area contributed by atoms with Crippen LogP contribution < -0.4 is 5.32 Å². The molecule has 0 amide bonds. The summed E-state index contributed by atoms with van der Waals surface area (Å²) >= 11 is 0. The van der Waals surface area contributed by atoms with Crippen LogP contribution in [0.5, 0.6) is 0 Å². The van der Waals surface area contributed by atoms with Crippen LogP contribution in [0, 0.1) is 11.8 Å². The molecule has 1 saturated carbocycles.